The lowest BCUT2D eigenvalue weighted by Gasteiger charge is -2.24. The van der Waals surface area contributed by atoms with Gasteiger partial charge in [0.2, 0.25) is 5.91 Å². The van der Waals surface area contributed by atoms with E-state index in [1.54, 1.807) is 13.0 Å². The molecule has 6 nitrogen and oxygen atoms in total. The molecule has 3 aromatic rings. The second kappa shape index (κ2) is 11.6. The van der Waals surface area contributed by atoms with Crippen LogP contribution in [-0.4, -0.2) is 33.4 Å². The van der Waals surface area contributed by atoms with Crippen LogP contribution in [0.2, 0.25) is 0 Å². The van der Waals surface area contributed by atoms with Gasteiger partial charge in [0.25, 0.3) is 0 Å². The predicted molar refractivity (Wildman–Crippen MR) is 124 cm³/mol. The third-order valence-corrected chi connectivity index (χ3v) is 5.49. The van der Waals surface area contributed by atoms with E-state index in [0.717, 1.165) is 30.5 Å². The van der Waals surface area contributed by atoms with Gasteiger partial charge >= 0.3 is 18.3 Å². The zero-order chi connectivity index (χ0) is 28.1. The molecule has 0 aliphatic heterocycles. The molecule has 0 saturated heterocycles. The number of carbonyl (C=O) groups is 2. The molecule has 0 unspecified atom stereocenters. The lowest BCUT2D eigenvalue weighted by Crippen LogP contribution is -2.28. The summed E-state index contributed by atoms with van der Waals surface area (Å²) in [6.45, 7) is 2.58. The van der Waals surface area contributed by atoms with E-state index in [0.29, 0.717) is 16.7 Å². The molecule has 0 aliphatic rings. The van der Waals surface area contributed by atoms with Gasteiger partial charge in [-0.2, -0.15) is 26.3 Å². The first-order chi connectivity index (χ1) is 17.8. The number of carbonyl (C=O) groups excluding carboxylic acids is 2. The summed E-state index contributed by atoms with van der Waals surface area (Å²) in [7, 11) is 0. The molecule has 1 aromatic carbocycles. The number of nitrogens with zero attached hydrogens (tertiary/aromatic N) is 3. The maximum atomic E-state index is 13.5. The first-order valence-electron chi connectivity index (χ1n) is 11.4. The minimum absolute atomic E-state index is 0.0921. The molecular formula is C26H23F6N3O3. The fraction of sp³-hybridized carbons (Fsp3) is 0.308. The van der Waals surface area contributed by atoms with Gasteiger partial charge < -0.3 is 9.64 Å². The molecule has 0 fully saturated rings. The summed E-state index contributed by atoms with van der Waals surface area (Å²) in [6, 6.07) is 6.57. The molecule has 0 spiro atoms. The number of pyridine rings is 2. The van der Waals surface area contributed by atoms with Gasteiger partial charge in [-0.25, -0.2) is 0 Å². The van der Waals surface area contributed by atoms with Crippen molar-refractivity contribution in [2.24, 2.45) is 0 Å². The third kappa shape index (κ3) is 7.53. The van der Waals surface area contributed by atoms with Crippen LogP contribution in [-0.2, 0) is 46.2 Å². The van der Waals surface area contributed by atoms with Crippen molar-refractivity contribution in [2.75, 3.05) is 6.61 Å². The van der Waals surface area contributed by atoms with Crippen LogP contribution in [0, 0.1) is 0 Å². The van der Waals surface area contributed by atoms with E-state index >= 15 is 0 Å². The Bertz CT molecular complexity index is 1290. The van der Waals surface area contributed by atoms with E-state index < -0.39 is 35.5 Å². The second-order valence-corrected chi connectivity index (χ2v) is 8.36. The molecule has 3 rings (SSSR count). The van der Waals surface area contributed by atoms with Crippen molar-refractivity contribution < 1.29 is 40.7 Å². The highest BCUT2D eigenvalue weighted by Crippen LogP contribution is 2.34. The van der Waals surface area contributed by atoms with E-state index in [-0.39, 0.29) is 37.2 Å². The number of aromatic nitrogens is 2. The number of alkyl halides is 6. The molecular weight excluding hydrogens is 516 g/mol. The standard InChI is InChI=1S/C26H23F6N3O3/c1-3-38-24(37)9-18-8-19(13-33-11-18)22-6-5-21(25(27,28)29)10-20(22)15-35(16(2)36)14-17-4-7-23(34-12-17)26(30,31)32/h4-8,10-13H,3,9,14-15H2,1-2H3. The average Bonchev–Trinajstić information content (AvgIpc) is 2.83. The maximum absolute atomic E-state index is 13.5. The largest absolute Gasteiger partial charge is 0.466 e. The van der Waals surface area contributed by atoms with Crippen molar-refractivity contribution in [1.29, 1.82) is 0 Å². The molecule has 1 amide bonds. The molecule has 0 atom stereocenters. The number of hydrogen-bond donors (Lipinski definition) is 0. The number of ether oxygens (including phenoxy) is 1. The van der Waals surface area contributed by atoms with Crippen LogP contribution < -0.4 is 0 Å². The Kier molecular flexibility index (Phi) is 8.74. The smallest absolute Gasteiger partial charge is 0.433 e. The van der Waals surface area contributed by atoms with Gasteiger partial charge in [0.15, 0.2) is 0 Å². The van der Waals surface area contributed by atoms with E-state index in [9.17, 15) is 35.9 Å². The van der Waals surface area contributed by atoms with E-state index in [1.807, 2.05) is 0 Å². The van der Waals surface area contributed by atoms with Gasteiger partial charge in [0, 0.05) is 44.2 Å². The van der Waals surface area contributed by atoms with Gasteiger partial charge in [0.1, 0.15) is 5.69 Å². The van der Waals surface area contributed by atoms with Crippen LogP contribution in [0.4, 0.5) is 26.3 Å². The molecule has 0 radical (unpaired) electrons. The number of rotatable bonds is 8. The fourth-order valence-electron chi connectivity index (χ4n) is 3.68. The van der Waals surface area contributed by atoms with Gasteiger partial charge in [-0.05, 0) is 53.4 Å². The Morgan fingerprint density at radius 1 is 0.895 bits per heavy atom. The highest BCUT2D eigenvalue weighted by molar-refractivity contribution is 5.76. The Morgan fingerprint density at radius 2 is 1.63 bits per heavy atom. The Hall–Kier alpha value is -3.96. The quantitative estimate of drug-likeness (QED) is 0.266. The van der Waals surface area contributed by atoms with Gasteiger partial charge in [-0.1, -0.05) is 12.1 Å². The van der Waals surface area contributed by atoms with Crippen molar-refractivity contribution in [3.8, 4) is 11.1 Å². The topological polar surface area (TPSA) is 72.4 Å². The third-order valence-electron chi connectivity index (χ3n) is 5.49. The first kappa shape index (κ1) is 28.6. The van der Waals surface area contributed by atoms with Crippen LogP contribution >= 0.6 is 0 Å². The van der Waals surface area contributed by atoms with Crippen molar-refractivity contribution in [3.63, 3.8) is 0 Å². The van der Waals surface area contributed by atoms with Crippen LogP contribution in [0.15, 0.2) is 55.0 Å². The van der Waals surface area contributed by atoms with Gasteiger partial charge in [-0.3, -0.25) is 19.6 Å². The summed E-state index contributed by atoms with van der Waals surface area (Å²) in [6.07, 6.45) is -5.57. The van der Waals surface area contributed by atoms with Gasteiger partial charge in [-0.15, -0.1) is 0 Å². The molecule has 12 heteroatoms. The summed E-state index contributed by atoms with van der Waals surface area (Å²) in [5.74, 6) is -1.01. The maximum Gasteiger partial charge on any atom is 0.433 e. The molecule has 38 heavy (non-hydrogen) atoms. The normalized spacial score (nSPS) is 11.8. The first-order valence-corrected chi connectivity index (χ1v) is 11.4. The monoisotopic (exact) mass is 539 g/mol. The second-order valence-electron chi connectivity index (χ2n) is 8.36. The van der Waals surface area contributed by atoms with Crippen LogP contribution in [0.3, 0.4) is 0 Å². The number of hydrogen-bond acceptors (Lipinski definition) is 5. The predicted octanol–water partition coefficient (Wildman–Crippen LogP) is 5.84. The highest BCUT2D eigenvalue weighted by Gasteiger charge is 2.33. The van der Waals surface area contributed by atoms with E-state index in [4.69, 9.17) is 4.74 Å². The molecule has 2 heterocycles. The van der Waals surface area contributed by atoms with Crippen molar-refractivity contribution in [1.82, 2.24) is 14.9 Å². The summed E-state index contributed by atoms with van der Waals surface area (Å²) in [5.41, 5.74) is -0.420. The minimum atomic E-state index is -4.66. The van der Waals surface area contributed by atoms with Gasteiger partial charge in [0.05, 0.1) is 18.6 Å². The lowest BCUT2D eigenvalue weighted by atomic mass is 9.96. The summed E-state index contributed by atoms with van der Waals surface area (Å²) in [4.78, 5) is 32.9. The van der Waals surface area contributed by atoms with E-state index in [2.05, 4.69) is 9.97 Å². The number of halogens is 6. The van der Waals surface area contributed by atoms with E-state index in [1.165, 1.54) is 30.3 Å². The molecule has 0 N–H and O–H groups in total. The van der Waals surface area contributed by atoms with Crippen molar-refractivity contribution in [3.05, 3.63) is 82.9 Å². The molecule has 0 aliphatic carbocycles. The molecule has 0 bridgehead atoms. The Balaban J connectivity index is 1.97. The lowest BCUT2D eigenvalue weighted by molar-refractivity contribution is -0.142. The number of amides is 1. The van der Waals surface area contributed by atoms with Crippen LogP contribution in [0.5, 0.6) is 0 Å². The summed E-state index contributed by atoms with van der Waals surface area (Å²) in [5, 5.41) is 0. The fourth-order valence-corrected chi connectivity index (χ4v) is 3.68. The zero-order valence-corrected chi connectivity index (χ0v) is 20.4. The Morgan fingerprint density at radius 3 is 2.21 bits per heavy atom. The summed E-state index contributed by atoms with van der Waals surface area (Å²) < 4.78 is 83.9. The SMILES string of the molecule is CCOC(=O)Cc1cncc(-c2ccc(C(F)(F)F)cc2CN(Cc2ccc(C(F)(F)F)nc2)C(C)=O)c1. The zero-order valence-electron chi connectivity index (χ0n) is 20.4. The molecule has 202 valence electrons. The minimum Gasteiger partial charge on any atom is -0.466 e. The number of benzene rings is 1. The Labute approximate surface area is 214 Å². The van der Waals surface area contributed by atoms with Crippen molar-refractivity contribution in [2.45, 2.75) is 45.7 Å². The molecule has 0 saturated carbocycles. The average molecular weight is 539 g/mol. The van der Waals surface area contributed by atoms with Crippen molar-refractivity contribution >= 4 is 11.9 Å². The summed E-state index contributed by atoms with van der Waals surface area (Å²) >= 11 is 0. The number of esters is 1. The highest BCUT2D eigenvalue weighted by atomic mass is 19.4. The van der Waals surface area contributed by atoms with Crippen LogP contribution in [0.25, 0.3) is 11.1 Å². The van der Waals surface area contributed by atoms with Crippen LogP contribution in [0.1, 0.15) is 41.8 Å². The molecule has 2 aromatic heterocycles.